The van der Waals surface area contributed by atoms with Crippen molar-refractivity contribution in [3.8, 4) is 0 Å². The summed E-state index contributed by atoms with van der Waals surface area (Å²) in [6, 6.07) is 8.36. The minimum Gasteiger partial charge on any atom is -0.317 e. The van der Waals surface area contributed by atoms with Gasteiger partial charge in [0, 0.05) is 16.2 Å². The van der Waals surface area contributed by atoms with Crippen molar-refractivity contribution in [2.24, 2.45) is 0 Å². The Morgan fingerprint density at radius 2 is 2.06 bits per heavy atom. The highest BCUT2D eigenvalue weighted by Crippen LogP contribution is 2.16. The van der Waals surface area contributed by atoms with Crippen molar-refractivity contribution < 1.29 is 4.21 Å². The van der Waals surface area contributed by atoms with Crippen LogP contribution in [-0.2, 0) is 10.8 Å². The zero-order valence-electron chi connectivity index (χ0n) is 10.5. The van der Waals surface area contributed by atoms with Gasteiger partial charge in [-0.25, -0.2) is 0 Å². The quantitative estimate of drug-likeness (QED) is 0.855. The van der Waals surface area contributed by atoms with E-state index in [1.165, 1.54) is 5.56 Å². The molecule has 3 atom stereocenters. The van der Waals surface area contributed by atoms with Crippen molar-refractivity contribution in [1.29, 1.82) is 0 Å². The lowest BCUT2D eigenvalue weighted by Crippen LogP contribution is -2.27. The summed E-state index contributed by atoms with van der Waals surface area (Å²) in [7, 11) is 1.04. The molecule has 16 heavy (non-hydrogen) atoms. The van der Waals surface area contributed by atoms with Crippen LogP contribution >= 0.6 is 0 Å². The van der Waals surface area contributed by atoms with Gasteiger partial charge in [-0.2, -0.15) is 0 Å². The molecule has 1 N–H and O–H groups in total. The second kappa shape index (κ2) is 6.16. The summed E-state index contributed by atoms with van der Waals surface area (Å²) < 4.78 is 12.2. The number of hydrogen-bond donors (Lipinski definition) is 1. The van der Waals surface area contributed by atoms with Gasteiger partial charge in [-0.3, -0.25) is 4.21 Å². The van der Waals surface area contributed by atoms with Crippen molar-refractivity contribution in [2.75, 3.05) is 7.05 Å². The van der Waals surface area contributed by atoms with Crippen LogP contribution in [-0.4, -0.2) is 22.5 Å². The van der Waals surface area contributed by atoms with Gasteiger partial charge in [0.15, 0.2) is 0 Å². The van der Waals surface area contributed by atoms with Crippen molar-refractivity contribution in [1.82, 2.24) is 5.32 Å². The van der Waals surface area contributed by atoms with Crippen molar-refractivity contribution in [3.63, 3.8) is 0 Å². The molecule has 0 spiro atoms. The number of benzene rings is 1. The number of aryl methyl sites for hydroxylation is 1. The van der Waals surface area contributed by atoms with E-state index >= 15 is 0 Å². The largest absolute Gasteiger partial charge is 0.317 e. The molecule has 0 radical (unpaired) electrons. The fourth-order valence-electron chi connectivity index (χ4n) is 1.68. The molecule has 0 bridgehead atoms. The molecule has 0 amide bonds. The van der Waals surface area contributed by atoms with Crippen molar-refractivity contribution in [2.45, 2.75) is 43.4 Å². The fraction of sp³-hybridized carbons (Fsp3) is 0.538. The Hall–Kier alpha value is -0.670. The molecule has 0 aliphatic carbocycles. The third kappa shape index (κ3) is 3.72. The zero-order chi connectivity index (χ0) is 12.1. The summed E-state index contributed by atoms with van der Waals surface area (Å²) in [5.41, 5.74) is 1.17. The Kier molecular flexibility index (Phi) is 5.16. The maximum Gasteiger partial charge on any atom is 0.0558 e. The van der Waals surface area contributed by atoms with Crippen LogP contribution in [0, 0.1) is 6.92 Å². The summed E-state index contributed by atoms with van der Waals surface area (Å²) in [4.78, 5) is 0.941. The first kappa shape index (κ1) is 13.4. The molecule has 90 valence electrons. The van der Waals surface area contributed by atoms with Crippen molar-refractivity contribution >= 4 is 10.8 Å². The van der Waals surface area contributed by atoms with E-state index in [2.05, 4.69) is 12.2 Å². The number of rotatable bonds is 5. The van der Waals surface area contributed by atoms with E-state index in [4.69, 9.17) is 0 Å². The summed E-state index contributed by atoms with van der Waals surface area (Å²) in [5, 5.41) is 3.36. The van der Waals surface area contributed by atoms with E-state index in [1.807, 2.05) is 45.2 Å². The number of hydrogen-bond acceptors (Lipinski definition) is 2. The summed E-state index contributed by atoms with van der Waals surface area (Å²) in [6.45, 7) is 6.19. The highest BCUT2D eigenvalue weighted by Gasteiger charge is 2.15. The lowest BCUT2D eigenvalue weighted by Gasteiger charge is -2.16. The molecule has 0 aromatic heterocycles. The van der Waals surface area contributed by atoms with Gasteiger partial charge in [-0.1, -0.05) is 19.1 Å². The van der Waals surface area contributed by atoms with Crippen LogP contribution in [0.1, 0.15) is 25.8 Å². The summed E-state index contributed by atoms with van der Waals surface area (Å²) in [5.74, 6) is 0. The van der Waals surface area contributed by atoms with Crippen LogP contribution in [0.15, 0.2) is 29.2 Å². The molecule has 3 heteroatoms. The molecule has 1 aromatic rings. The topological polar surface area (TPSA) is 29.1 Å². The zero-order valence-corrected chi connectivity index (χ0v) is 11.3. The second-order valence-electron chi connectivity index (χ2n) is 4.35. The molecule has 1 rings (SSSR count). The Morgan fingerprint density at radius 1 is 1.38 bits per heavy atom. The van der Waals surface area contributed by atoms with Crippen LogP contribution in [0.5, 0.6) is 0 Å². The van der Waals surface area contributed by atoms with Crippen LogP contribution in [0.4, 0.5) is 0 Å². The lowest BCUT2D eigenvalue weighted by atomic mass is 10.2. The maximum atomic E-state index is 12.2. The predicted molar refractivity (Wildman–Crippen MR) is 70.2 cm³/mol. The van der Waals surface area contributed by atoms with Crippen LogP contribution in [0.25, 0.3) is 0 Å². The standard InChI is InChI=1S/C13H21NOS/c1-10-6-5-7-13(8-10)16(15)12(3)9-11(2)14-4/h5-8,11-12,14H,9H2,1-4H3. The highest BCUT2D eigenvalue weighted by molar-refractivity contribution is 7.85. The van der Waals surface area contributed by atoms with Gasteiger partial charge in [0.25, 0.3) is 0 Å². The Morgan fingerprint density at radius 3 is 2.62 bits per heavy atom. The van der Waals surface area contributed by atoms with E-state index in [1.54, 1.807) is 0 Å². The minimum atomic E-state index is -0.901. The van der Waals surface area contributed by atoms with Gasteiger partial charge < -0.3 is 5.32 Å². The molecule has 0 fully saturated rings. The molecular formula is C13H21NOS. The van der Waals surface area contributed by atoms with Gasteiger partial charge in [0.05, 0.1) is 10.8 Å². The van der Waals surface area contributed by atoms with Crippen LogP contribution in [0.3, 0.4) is 0 Å². The SMILES string of the molecule is CNC(C)CC(C)S(=O)c1cccc(C)c1. The Labute approximate surface area is 101 Å². The van der Waals surface area contributed by atoms with Gasteiger partial charge in [0.1, 0.15) is 0 Å². The molecule has 2 nitrogen and oxygen atoms in total. The molecule has 0 heterocycles. The smallest absolute Gasteiger partial charge is 0.0558 e. The normalized spacial score (nSPS) is 16.8. The van der Waals surface area contributed by atoms with Gasteiger partial charge >= 0.3 is 0 Å². The fourth-order valence-corrected chi connectivity index (χ4v) is 3.12. The Bertz CT molecular complexity index is 365. The average Bonchev–Trinajstić information content (AvgIpc) is 2.27. The number of nitrogens with one attached hydrogen (secondary N) is 1. The van der Waals surface area contributed by atoms with E-state index in [0.29, 0.717) is 6.04 Å². The highest BCUT2D eigenvalue weighted by atomic mass is 32.2. The van der Waals surface area contributed by atoms with E-state index in [-0.39, 0.29) is 5.25 Å². The monoisotopic (exact) mass is 239 g/mol. The third-order valence-electron chi connectivity index (χ3n) is 2.77. The first-order valence-corrected chi connectivity index (χ1v) is 6.90. The molecule has 0 saturated carbocycles. The summed E-state index contributed by atoms with van der Waals surface area (Å²) in [6.07, 6.45) is 0.928. The van der Waals surface area contributed by atoms with Gasteiger partial charge in [0.2, 0.25) is 0 Å². The molecule has 0 aliphatic rings. The first-order valence-electron chi connectivity index (χ1n) is 5.69. The second-order valence-corrected chi connectivity index (χ2v) is 6.22. The minimum absolute atomic E-state index is 0.184. The molecule has 0 saturated heterocycles. The maximum absolute atomic E-state index is 12.2. The third-order valence-corrected chi connectivity index (χ3v) is 4.41. The molecular weight excluding hydrogens is 218 g/mol. The van der Waals surface area contributed by atoms with E-state index < -0.39 is 10.8 Å². The predicted octanol–water partition coefficient (Wildman–Crippen LogP) is 2.49. The van der Waals surface area contributed by atoms with Crippen LogP contribution in [0.2, 0.25) is 0 Å². The Balaban J connectivity index is 2.70. The van der Waals surface area contributed by atoms with Gasteiger partial charge in [-0.15, -0.1) is 0 Å². The lowest BCUT2D eigenvalue weighted by molar-refractivity contribution is 0.554. The molecule has 1 aromatic carbocycles. The van der Waals surface area contributed by atoms with Crippen molar-refractivity contribution in [3.05, 3.63) is 29.8 Å². The van der Waals surface area contributed by atoms with Crippen LogP contribution < -0.4 is 5.32 Å². The molecule has 0 aliphatic heterocycles. The average molecular weight is 239 g/mol. The first-order chi connectivity index (χ1) is 7.54. The van der Waals surface area contributed by atoms with E-state index in [0.717, 1.165) is 11.3 Å². The summed E-state index contributed by atoms with van der Waals surface area (Å²) >= 11 is 0. The van der Waals surface area contributed by atoms with Gasteiger partial charge in [-0.05, 0) is 45.0 Å². The molecule has 3 unspecified atom stereocenters. The van der Waals surface area contributed by atoms with E-state index in [9.17, 15) is 4.21 Å².